The van der Waals surface area contributed by atoms with Crippen LogP contribution in [-0.2, 0) is 13.6 Å². The Morgan fingerprint density at radius 2 is 1.95 bits per heavy atom. The fraction of sp³-hybridized carbons (Fsp3) is 0.250. The van der Waals surface area contributed by atoms with E-state index in [0.29, 0.717) is 5.56 Å². The predicted octanol–water partition coefficient (Wildman–Crippen LogP) is 1.63. The molecule has 2 aromatic rings. The third-order valence-corrected chi connectivity index (χ3v) is 3.42. The molecule has 0 aliphatic heterocycles. The quantitative estimate of drug-likeness (QED) is 0.664. The summed E-state index contributed by atoms with van der Waals surface area (Å²) < 4.78 is 6.68. The number of methoxy groups -OCH3 is 1. The first-order valence-electron chi connectivity index (χ1n) is 6.88. The number of ether oxygens (including phenoxy) is 1. The fourth-order valence-electron chi connectivity index (χ4n) is 1.93. The molecular formula is C16H20N4O2. The average molecular weight is 300 g/mol. The van der Waals surface area contributed by atoms with Crippen LogP contribution >= 0.6 is 0 Å². The minimum atomic E-state index is -0.0546. The van der Waals surface area contributed by atoms with Crippen LogP contribution in [0.25, 0.3) is 0 Å². The van der Waals surface area contributed by atoms with E-state index in [1.165, 1.54) is 0 Å². The van der Waals surface area contributed by atoms with E-state index in [0.717, 1.165) is 17.1 Å². The van der Waals surface area contributed by atoms with Crippen molar-refractivity contribution >= 4 is 11.6 Å². The summed E-state index contributed by atoms with van der Waals surface area (Å²) in [7, 11) is 3.35. The molecule has 3 N–H and O–H groups in total. The number of hydrogen-bond acceptors (Lipinski definition) is 3. The number of aryl methyl sites for hydroxylation is 1. The minimum absolute atomic E-state index is 0.0546. The van der Waals surface area contributed by atoms with Crippen molar-refractivity contribution in [1.29, 1.82) is 0 Å². The van der Waals surface area contributed by atoms with E-state index >= 15 is 0 Å². The molecule has 0 aliphatic carbocycles. The van der Waals surface area contributed by atoms with Crippen molar-refractivity contribution < 1.29 is 4.74 Å². The molecule has 0 radical (unpaired) electrons. The Bertz CT molecular complexity index is 733. The molecule has 1 aromatic heterocycles. The van der Waals surface area contributed by atoms with Crippen LogP contribution in [0.15, 0.2) is 46.2 Å². The highest BCUT2D eigenvalue weighted by Crippen LogP contribution is 2.14. The molecule has 0 spiro atoms. The molecule has 0 fully saturated rings. The Morgan fingerprint density at radius 1 is 1.27 bits per heavy atom. The van der Waals surface area contributed by atoms with Crippen LogP contribution in [0, 0.1) is 6.92 Å². The van der Waals surface area contributed by atoms with Crippen LogP contribution in [0.5, 0.6) is 5.75 Å². The Labute approximate surface area is 129 Å². The molecular weight excluding hydrogens is 280 g/mol. The third-order valence-electron chi connectivity index (χ3n) is 3.42. The number of pyridine rings is 1. The summed E-state index contributed by atoms with van der Waals surface area (Å²) in [6, 6.07) is 11.0. The highest BCUT2D eigenvalue weighted by Gasteiger charge is 2.03. The third kappa shape index (κ3) is 3.66. The lowest BCUT2D eigenvalue weighted by Gasteiger charge is -2.08. The van der Waals surface area contributed by atoms with Crippen LogP contribution in [0.4, 0.5) is 5.69 Å². The molecule has 1 aromatic carbocycles. The maximum atomic E-state index is 12.0. The number of nitrogens with one attached hydrogen (secondary N) is 1. The van der Waals surface area contributed by atoms with Gasteiger partial charge in [-0.25, -0.2) is 4.99 Å². The molecule has 1 heterocycles. The summed E-state index contributed by atoms with van der Waals surface area (Å²) >= 11 is 0. The molecule has 22 heavy (non-hydrogen) atoms. The highest BCUT2D eigenvalue weighted by molar-refractivity contribution is 5.92. The molecule has 6 nitrogen and oxygen atoms in total. The number of guanidine groups is 1. The lowest BCUT2D eigenvalue weighted by Crippen LogP contribution is -2.25. The van der Waals surface area contributed by atoms with Crippen molar-refractivity contribution in [1.82, 2.24) is 4.57 Å². The molecule has 2 rings (SSSR count). The van der Waals surface area contributed by atoms with E-state index in [2.05, 4.69) is 10.3 Å². The van der Waals surface area contributed by atoms with Gasteiger partial charge in [0.2, 0.25) is 0 Å². The van der Waals surface area contributed by atoms with Crippen molar-refractivity contribution in [2.75, 3.05) is 12.4 Å². The monoisotopic (exact) mass is 300 g/mol. The summed E-state index contributed by atoms with van der Waals surface area (Å²) in [5.74, 6) is 1.03. The zero-order valence-corrected chi connectivity index (χ0v) is 13.0. The Balaban J connectivity index is 2.06. The summed E-state index contributed by atoms with van der Waals surface area (Å²) in [6.45, 7) is 2.12. The van der Waals surface area contributed by atoms with E-state index in [1.807, 2.05) is 37.3 Å². The Hall–Kier alpha value is -2.76. The summed E-state index contributed by atoms with van der Waals surface area (Å²) in [5.41, 5.74) is 8.10. The number of hydrogen-bond donors (Lipinski definition) is 2. The second kappa shape index (κ2) is 6.80. The van der Waals surface area contributed by atoms with Gasteiger partial charge >= 0.3 is 0 Å². The SMILES string of the molecule is COc1ccc(NC(N)=NCc2ccc(C)n(C)c2=O)cc1. The number of anilines is 1. The summed E-state index contributed by atoms with van der Waals surface area (Å²) in [5, 5.41) is 2.97. The molecule has 0 unspecified atom stereocenters. The average Bonchev–Trinajstić information content (AvgIpc) is 2.53. The van der Waals surface area contributed by atoms with Crippen LogP contribution in [-0.4, -0.2) is 17.6 Å². The number of benzene rings is 1. The van der Waals surface area contributed by atoms with Crippen molar-refractivity contribution in [3.8, 4) is 5.75 Å². The molecule has 0 amide bonds. The predicted molar refractivity (Wildman–Crippen MR) is 88.4 cm³/mol. The maximum absolute atomic E-state index is 12.0. The van der Waals surface area contributed by atoms with Gasteiger partial charge in [0.25, 0.3) is 5.56 Å². The van der Waals surface area contributed by atoms with Gasteiger partial charge in [-0.05, 0) is 43.3 Å². The van der Waals surface area contributed by atoms with Crippen molar-refractivity contribution in [3.05, 3.63) is 58.0 Å². The van der Waals surface area contributed by atoms with E-state index in [-0.39, 0.29) is 18.1 Å². The van der Waals surface area contributed by atoms with E-state index < -0.39 is 0 Å². The highest BCUT2D eigenvalue weighted by atomic mass is 16.5. The van der Waals surface area contributed by atoms with Crippen molar-refractivity contribution in [2.45, 2.75) is 13.5 Å². The first-order chi connectivity index (χ1) is 10.5. The number of nitrogens with zero attached hydrogens (tertiary/aromatic N) is 2. The van der Waals surface area contributed by atoms with Crippen LogP contribution in [0.3, 0.4) is 0 Å². The van der Waals surface area contributed by atoms with E-state index in [9.17, 15) is 4.79 Å². The largest absolute Gasteiger partial charge is 0.497 e. The maximum Gasteiger partial charge on any atom is 0.255 e. The van der Waals surface area contributed by atoms with Crippen LogP contribution < -0.4 is 21.3 Å². The van der Waals surface area contributed by atoms with Gasteiger partial charge in [0.1, 0.15) is 5.75 Å². The molecule has 0 saturated carbocycles. The molecule has 0 bridgehead atoms. The van der Waals surface area contributed by atoms with Gasteiger partial charge in [0, 0.05) is 24.0 Å². The first kappa shape index (κ1) is 15.6. The normalized spacial score (nSPS) is 11.3. The lowest BCUT2D eigenvalue weighted by atomic mass is 10.2. The molecule has 0 atom stereocenters. The number of aliphatic imine (C=N–C) groups is 1. The summed E-state index contributed by atoms with van der Waals surface area (Å²) in [6.07, 6.45) is 0. The molecule has 0 saturated heterocycles. The van der Waals surface area contributed by atoms with Crippen molar-refractivity contribution in [2.24, 2.45) is 17.8 Å². The molecule has 0 aliphatic rings. The van der Waals surface area contributed by atoms with Gasteiger partial charge in [-0.15, -0.1) is 0 Å². The first-order valence-corrected chi connectivity index (χ1v) is 6.88. The van der Waals surface area contributed by atoms with Gasteiger partial charge < -0.3 is 20.4 Å². The number of aromatic nitrogens is 1. The number of rotatable bonds is 4. The fourth-order valence-corrected chi connectivity index (χ4v) is 1.93. The second-order valence-electron chi connectivity index (χ2n) is 4.92. The molecule has 6 heteroatoms. The zero-order chi connectivity index (χ0) is 16.1. The van der Waals surface area contributed by atoms with Gasteiger partial charge in [-0.3, -0.25) is 4.79 Å². The standard InChI is InChI=1S/C16H20N4O2/c1-11-4-5-12(15(21)20(11)2)10-18-16(17)19-13-6-8-14(22-3)9-7-13/h4-9H,10H2,1-3H3,(H3,17,18,19). The van der Waals surface area contributed by atoms with Gasteiger partial charge in [0.05, 0.1) is 13.7 Å². The van der Waals surface area contributed by atoms with Gasteiger partial charge in [-0.1, -0.05) is 0 Å². The van der Waals surface area contributed by atoms with Crippen LogP contribution in [0.1, 0.15) is 11.3 Å². The van der Waals surface area contributed by atoms with E-state index in [4.69, 9.17) is 10.5 Å². The zero-order valence-electron chi connectivity index (χ0n) is 13.0. The Morgan fingerprint density at radius 3 is 2.59 bits per heavy atom. The van der Waals surface area contributed by atoms with Gasteiger partial charge in [0.15, 0.2) is 5.96 Å². The topological polar surface area (TPSA) is 81.6 Å². The number of nitrogens with two attached hydrogens (primary N) is 1. The van der Waals surface area contributed by atoms with Gasteiger partial charge in [-0.2, -0.15) is 0 Å². The second-order valence-corrected chi connectivity index (χ2v) is 4.92. The summed E-state index contributed by atoms with van der Waals surface area (Å²) in [4.78, 5) is 16.3. The smallest absolute Gasteiger partial charge is 0.255 e. The van der Waals surface area contributed by atoms with Crippen LogP contribution in [0.2, 0.25) is 0 Å². The molecule has 116 valence electrons. The van der Waals surface area contributed by atoms with Crippen molar-refractivity contribution in [3.63, 3.8) is 0 Å². The minimum Gasteiger partial charge on any atom is -0.497 e. The lowest BCUT2D eigenvalue weighted by molar-refractivity contribution is 0.415. The Kier molecular flexibility index (Phi) is 4.83. The van der Waals surface area contributed by atoms with E-state index in [1.54, 1.807) is 24.8 Å².